The lowest BCUT2D eigenvalue weighted by molar-refractivity contribution is 0.757. The van der Waals surface area contributed by atoms with Crippen LogP contribution in [0.2, 0.25) is 0 Å². The monoisotopic (exact) mass is 140 g/mol. The lowest BCUT2D eigenvalue weighted by Gasteiger charge is -2.15. The molecule has 2 heteroatoms. The average molecular weight is 140 g/mol. The molecule has 0 aromatic heterocycles. The molecule has 1 aliphatic rings. The van der Waals surface area contributed by atoms with Crippen LogP contribution in [0.15, 0.2) is 24.2 Å². The molecule has 0 atom stereocenters. The molecule has 1 rings (SSSR count). The highest BCUT2D eigenvalue weighted by molar-refractivity contribution is 5.10. The van der Waals surface area contributed by atoms with Crippen LogP contribution in [0.25, 0.3) is 0 Å². The predicted molar refractivity (Wildman–Crippen MR) is 45.4 cm³/mol. The fraction of sp³-hybridized carbons (Fsp3) is 0.500. The van der Waals surface area contributed by atoms with Gasteiger partial charge in [0, 0.05) is 12.7 Å². The summed E-state index contributed by atoms with van der Waals surface area (Å²) in [7, 11) is 0. The van der Waals surface area contributed by atoms with Gasteiger partial charge in [0.25, 0.3) is 0 Å². The van der Waals surface area contributed by atoms with E-state index >= 15 is 0 Å². The fourth-order valence-electron chi connectivity index (χ4n) is 0.558. The van der Waals surface area contributed by atoms with E-state index in [-0.39, 0.29) is 0 Å². The Labute approximate surface area is 63.0 Å². The first-order chi connectivity index (χ1) is 4.79. The summed E-state index contributed by atoms with van der Waals surface area (Å²) in [5.74, 6) is 0.885. The van der Waals surface area contributed by atoms with E-state index in [0.29, 0.717) is 0 Å². The molecule has 0 saturated carbocycles. The molecule has 0 aromatic rings. The Kier molecular flexibility index (Phi) is 4.46. The molecule has 0 bridgehead atoms. The first-order valence-electron chi connectivity index (χ1n) is 3.64. The second kappa shape index (κ2) is 4.91. The molecule has 0 amide bonds. The fourth-order valence-corrected chi connectivity index (χ4v) is 0.558. The molecule has 0 aliphatic carbocycles. The van der Waals surface area contributed by atoms with Gasteiger partial charge in [-0.3, -0.25) is 0 Å². The molecule has 0 aromatic carbocycles. The van der Waals surface area contributed by atoms with E-state index in [0.717, 1.165) is 12.4 Å². The molecule has 58 valence electrons. The Balaban J connectivity index is 0.000000371. The van der Waals surface area contributed by atoms with Gasteiger partial charge in [-0.25, -0.2) is 0 Å². The van der Waals surface area contributed by atoms with Gasteiger partial charge in [-0.2, -0.15) is 0 Å². The van der Waals surface area contributed by atoms with Crippen molar-refractivity contribution in [2.45, 2.75) is 20.8 Å². The van der Waals surface area contributed by atoms with Crippen molar-refractivity contribution in [3.8, 4) is 0 Å². The summed E-state index contributed by atoms with van der Waals surface area (Å²) in [6.07, 6.45) is 1.96. The number of hydrogen-bond acceptors (Lipinski definition) is 2. The van der Waals surface area contributed by atoms with E-state index in [1.807, 2.05) is 20.0 Å². The van der Waals surface area contributed by atoms with E-state index in [2.05, 4.69) is 24.1 Å². The maximum Gasteiger partial charge on any atom is 0.0955 e. The van der Waals surface area contributed by atoms with Crippen molar-refractivity contribution >= 4 is 0 Å². The van der Waals surface area contributed by atoms with Gasteiger partial charge in [0.15, 0.2) is 0 Å². The van der Waals surface area contributed by atoms with Gasteiger partial charge in [0.1, 0.15) is 0 Å². The zero-order chi connectivity index (χ0) is 7.98. The maximum atomic E-state index is 3.68. The van der Waals surface area contributed by atoms with Gasteiger partial charge in [0.2, 0.25) is 0 Å². The Bertz CT molecular complexity index is 136. The number of rotatable bonds is 0. The van der Waals surface area contributed by atoms with Gasteiger partial charge in [-0.1, -0.05) is 20.4 Å². The highest BCUT2D eigenvalue weighted by Gasteiger charge is 1.96. The van der Waals surface area contributed by atoms with Gasteiger partial charge in [-0.05, 0) is 12.5 Å². The first kappa shape index (κ1) is 9.08. The molecule has 2 nitrogen and oxygen atoms in total. The third kappa shape index (κ3) is 3.17. The molecule has 0 fully saturated rings. The van der Waals surface area contributed by atoms with Gasteiger partial charge < -0.3 is 10.6 Å². The highest BCUT2D eigenvalue weighted by Crippen LogP contribution is 1.94. The Hall–Kier alpha value is -0.920. The van der Waals surface area contributed by atoms with Gasteiger partial charge in [-0.15, -0.1) is 0 Å². The van der Waals surface area contributed by atoms with Crippen molar-refractivity contribution in [1.29, 1.82) is 0 Å². The van der Waals surface area contributed by atoms with E-state index in [1.54, 1.807) is 0 Å². The van der Waals surface area contributed by atoms with Crippen LogP contribution in [-0.2, 0) is 0 Å². The quantitative estimate of drug-likeness (QED) is 0.534. The van der Waals surface area contributed by atoms with Crippen LogP contribution in [-0.4, -0.2) is 6.54 Å². The van der Waals surface area contributed by atoms with E-state index in [4.69, 9.17) is 0 Å². The minimum atomic E-state index is 0.885. The van der Waals surface area contributed by atoms with Gasteiger partial charge in [0.05, 0.1) is 5.82 Å². The van der Waals surface area contributed by atoms with Crippen LogP contribution in [0.3, 0.4) is 0 Å². The number of nitrogens with one attached hydrogen (secondary N) is 2. The SMILES string of the molecule is C=C1NC=C(C)CN1.CC. The van der Waals surface area contributed by atoms with Crippen LogP contribution < -0.4 is 10.6 Å². The molecule has 0 radical (unpaired) electrons. The van der Waals surface area contributed by atoms with Crippen LogP contribution in [0.4, 0.5) is 0 Å². The molecular weight excluding hydrogens is 124 g/mol. The van der Waals surface area contributed by atoms with Crippen molar-refractivity contribution in [2.24, 2.45) is 0 Å². The van der Waals surface area contributed by atoms with E-state index in [1.165, 1.54) is 5.57 Å². The standard InChI is InChI=1S/C6H10N2.C2H6/c1-5-3-7-6(2)8-4-5;1-2/h3,7-8H,2,4H2,1H3;1-2H3. The second-order valence-corrected chi connectivity index (χ2v) is 1.97. The average Bonchev–Trinajstić information content (AvgIpc) is 2.00. The third-order valence-electron chi connectivity index (χ3n) is 1.07. The van der Waals surface area contributed by atoms with Crippen molar-refractivity contribution in [2.75, 3.05) is 6.54 Å². The normalized spacial score (nSPS) is 15.5. The van der Waals surface area contributed by atoms with E-state index < -0.39 is 0 Å². The topological polar surface area (TPSA) is 24.1 Å². The molecule has 1 heterocycles. The summed E-state index contributed by atoms with van der Waals surface area (Å²) in [5, 5.41) is 6.02. The molecule has 10 heavy (non-hydrogen) atoms. The van der Waals surface area contributed by atoms with Gasteiger partial charge >= 0.3 is 0 Å². The molecule has 0 spiro atoms. The Morgan fingerprint density at radius 3 is 2.40 bits per heavy atom. The smallest absolute Gasteiger partial charge is 0.0955 e. The molecular formula is C8H16N2. The zero-order valence-electron chi connectivity index (χ0n) is 6.99. The summed E-state index contributed by atoms with van der Waals surface area (Å²) in [6, 6.07) is 0. The largest absolute Gasteiger partial charge is 0.368 e. The lowest BCUT2D eigenvalue weighted by atomic mass is 10.3. The molecule has 2 N–H and O–H groups in total. The highest BCUT2D eigenvalue weighted by atomic mass is 15.1. The molecule has 0 saturated heterocycles. The van der Waals surface area contributed by atoms with Crippen molar-refractivity contribution < 1.29 is 0 Å². The summed E-state index contributed by atoms with van der Waals surface area (Å²) >= 11 is 0. The predicted octanol–water partition coefficient (Wildman–Crippen LogP) is 1.58. The molecule has 1 aliphatic heterocycles. The lowest BCUT2D eigenvalue weighted by Crippen LogP contribution is -2.28. The minimum Gasteiger partial charge on any atom is -0.368 e. The minimum absolute atomic E-state index is 0.885. The van der Waals surface area contributed by atoms with Crippen molar-refractivity contribution in [3.05, 3.63) is 24.2 Å². The number of hydrogen-bond donors (Lipinski definition) is 2. The maximum absolute atomic E-state index is 3.68. The summed E-state index contributed by atoms with van der Waals surface area (Å²) in [4.78, 5) is 0. The summed E-state index contributed by atoms with van der Waals surface area (Å²) in [5.41, 5.74) is 1.30. The van der Waals surface area contributed by atoms with Crippen molar-refractivity contribution in [3.63, 3.8) is 0 Å². The van der Waals surface area contributed by atoms with Crippen LogP contribution in [0.5, 0.6) is 0 Å². The third-order valence-corrected chi connectivity index (χ3v) is 1.07. The zero-order valence-corrected chi connectivity index (χ0v) is 6.99. The van der Waals surface area contributed by atoms with E-state index in [9.17, 15) is 0 Å². The molecule has 0 unspecified atom stereocenters. The Morgan fingerprint density at radius 1 is 1.50 bits per heavy atom. The summed E-state index contributed by atoms with van der Waals surface area (Å²) < 4.78 is 0. The first-order valence-corrected chi connectivity index (χ1v) is 3.64. The second-order valence-electron chi connectivity index (χ2n) is 1.97. The van der Waals surface area contributed by atoms with Crippen LogP contribution in [0, 0.1) is 0 Å². The Morgan fingerprint density at radius 2 is 2.10 bits per heavy atom. The van der Waals surface area contributed by atoms with Crippen molar-refractivity contribution in [1.82, 2.24) is 10.6 Å². The van der Waals surface area contributed by atoms with Crippen LogP contribution >= 0.6 is 0 Å². The van der Waals surface area contributed by atoms with Crippen LogP contribution in [0.1, 0.15) is 20.8 Å². The summed E-state index contributed by atoms with van der Waals surface area (Å²) in [6.45, 7) is 10.7.